The second kappa shape index (κ2) is 3.77. The number of H-pyrrole nitrogens is 1. The molecular formula is C10H10ClN3O2. The number of benzene rings is 1. The number of nitrogens with two attached hydrogens (primary N) is 1. The van der Waals surface area contributed by atoms with Crippen LogP contribution in [0.25, 0.3) is 10.9 Å². The van der Waals surface area contributed by atoms with Crippen LogP contribution in [0.2, 0.25) is 5.02 Å². The summed E-state index contributed by atoms with van der Waals surface area (Å²) >= 11 is 5.88. The van der Waals surface area contributed by atoms with Crippen LogP contribution in [-0.4, -0.2) is 9.55 Å². The van der Waals surface area contributed by atoms with Gasteiger partial charge in [-0.25, -0.2) is 9.36 Å². The molecule has 0 aliphatic heterocycles. The minimum absolute atomic E-state index is 0.337. The fourth-order valence-electron chi connectivity index (χ4n) is 1.59. The highest BCUT2D eigenvalue weighted by Gasteiger charge is 2.11. The molecule has 1 aromatic heterocycles. The number of nitrogens with zero attached hydrogens (tertiary/aromatic N) is 1. The van der Waals surface area contributed by atoms with Gasteiger partial charge in [0.1, 0.15) is 0 Å². The van der Waals surface area contributed by atoms with Gasteiger partial charge in [-0.2, -0.15) is 0 Å². The van der Waals surface area contributed by atoms with E-state index in [1.807, 2.05) is 0 Å². The summed E-state index contributed by atoms with van der Waals surface area (Å²) in [6, 6.07) is 4.85. The molecule has 1 atom stereocenters. The second-order valence-electron chi connectivity index (χ2n) is 3.51. The summed E-state index contributed by atoms with van der Waals surface area (Å²) in [7, 11) is 0. The first-order chi connectivity index (χ1) is 7.52. The van der Waals surface area contributed by atoms with Crippen LogP contribution < -0.4 is 17.0 Å². The molecule has 0 spiro atoms. The van der Waals surface area contributed by atoms with Crippen molar-refractivity contribution in [3.8, 4) is 0 Å². The van der Waals surface area contributed by atoms with E-state index in [9.17, 15) is 9.59 Å². The highest BCUT2D eigenvalue weighted by Crippen LogP contribution is 2.17. The van der Waals surface area contributed by atoms with E-state index in [2.05, 4.69) is 4.98 Å². The standard InChI is InChI=1S/C10H10ClN3O2/c1-5(12)14-9(15)6-3-2-4-7(11)8(6)13-10(14)16/h2-5H,12H2,1H3,(H,13,16). The molecule has 3 N–H and O–H groups in total. The summed E-state index contributed by atoms with van der Waals surface area (Å²) in [5, 5.41) is 0.688. The fraction of sp³-hybridized carbons (Fsp3) is 0.200. The van der Waals surface area contributed by atoms with Gasteiger partial charge in [0.2, 0.25) is 0 Å². The van der Waals surface area contributed by atoms with Crippen LogP contribution in [0.1, 0.15) is 13.1 Å². The van der Waals surface area contributed by atoms with E-state index >= 15 is 0 Å². The van der Waals surface area contributed by atoms with Gasteiger partial charge in [0.15, 0.2) is 0 Å². The number of fused-ring (bicyclic) bond motifs is 1. The molecule has 2 rings (SSSR count). The van der Waals surface area contributed by atoms with Crippen molar-refractivity contribution < 1.29 is 0 Å². The summed E-state index contributed by atoms with van der Waals surface area (Å²) in [6.45, 7) is 1.56. The third-order valence-corrected chi connectivity index (χ3v) is 2.64. The number of aromatic nitrogens is 2. The van der Waals surface area contributed by atoms with E-state index in [4.69, 9.17) is 17.3 Å². The molecule has 1 unspecified atom stereocenters. The van der Waals surface area contributed by atoms with Crippen molar-refractivity contribution in [1.82, 2.24) is 9.55 Å². The topological polar surface area (TPSA) is 80.9 Å². The Morgan fingerprint density at radius 2 is 2.12 bits per heavy atom. The van der Waals surface area contributed by atoms with E-state index < -0.39 is 17.4 Å². The first-order valence-corrected chi connectivity index (χ1v) is 5.09. The van der Waals surface area contributed by atoms with Gasteiger partial charge in [-0.3, -0.25) is 4.79 Å². The van der Waals surface area contributed by atoms with Crippen LogP contribution in [0.15, 0.2) is 27.8 Å². The summed E-state index contributed by atoms with van der Waals surface area (Å²) in [6.07, 6.45) is -0.681. The molecule has 0 fully saturated rings. The number of rotatable bonds is 1. The number of hydrogen-bond donors (Lipinski definition) is 2. The van der Waals surface area contributed by atoms with Crippen molar-refractivity contribution >= 4 is 22.5 Å². The third-order valence-electron chi connectivity index (χ3n) is 2.32. The number of aromatic amines is 1. The third kappa shape index (κ3) is 1.54. The smallest absolute Gasteiger partial charge is 0.311 e. The van der Waals surface area contributed by atoms with Gasteiger partial charge in [0, 0.05) is 0 Å². The molecule has 2 aromatic rings. The van der Waals surface area contributed by atoms with Crippen molar-refractivity contribution in [2.45, 2.75) is 13.1 Å². The Kier molecular flexibility index (Phi) is 2.57. The second-order valence-corrected chi connectivity index (χ2v) is 3.92. The van der Waals surface area contributed by atoms with Gasteiger partial charge in [-0.05, 0) is 19.1 Å². The van der Waals surface area contributed by atoms with E-state index in [0.717, 1.165) is 4.57 Å². The summed E-state index contributed by atoms with van der Waals surface area (Å²) in [4.78, 5) is 26.1. The van der Waals surface area contributed by atoms with E-state index in [1.54, 1.807) is 25.1 Å². The molecule has 5 nitrogen and oxygen atoms in total. The van der Waals surface area contributed by atoms with E-state index in [0.29, 0.717) is 15.9 Å². The molecule has 0 aliphatic carbocycles. The van der Waals surface area contributed by atoms with Gasteiger partial charge in [0.05, 0.1) is 22.1 Å². The maximum absolute atomic E-state index is 11.9. The zero-order valence-corrected chi connectivity index (χ0v) is 9.28. The molecule has 84 valence electrons. The SMILES string of the molecule is CC(N)n1c(=O)[nH]c2c(Cl)cccc2c1=O. The average molecular weight is 240 g/mol. The molecular weight excluding hydrogens is 230 g/mol. The van der Waals surface area contributed by atoms with Crippen molar-refractivity contribution in [3.05, 3.63) is 44.1 Å². The van der Waals surface area contributed by atoms with Crippen molar-refractivity contribution in [3.63, 3.8) is 0 Å². The summed E-state index contributed by atoms with van der Waals surface area (Å²) < 4.78 is 0.957. The number of para-hydroxylation sites is 1. The fourth-order valence-corrected chi connectivity index (χ4v) is 1.81. The number of halogens is 1. The summed E-state index contributed by atoms with van der Waals surface area (Å²) in [5.74, 6) is 0. The molecule has 16 heavy (non-hydrogen) atoms. The van der Waals surface area contributed by atoms with Crippen LogP contribution in [-0.2, 0) is 0 Å². The molecule has 0 saturated heterocycles. The Balaban J connectivity index is 3.01. The van der Waals surface area contributed by atoms with Crippen LogP contribution in [0.4, 0.5) is 0 Å². The zero-order chi connectivity index (χ0) is 11.9. The van der Waals surface area contributed by atoms with Gasteiger partial charge in [-0.15, -0.1) is 0 Å². The molecule has 1 aromatic carbocycles. The molecule has 0 bridgehead atoms. The zero-order valence-electron chi connectivity index (χ0n) is 8.53. The average Bonchev–Trinajstić information content (AvgIpc) is 2.19. The van der Waals surface area contributed by atoms with Crippen LogP contribution >= 0.6 is 11.6 Å². The normalized spacial score (nSPS) is 12.9. The molecule has 6 heteroatoms. The maximum atomic E-state index is 11.9. The minimum atomic E-state index is -0.681. The Morgan fingerprint density at radius 1 is 1.44 bits per heavy atom. The maximum Gasteiger partial charge on any atom is 0.330 e. The molecule has 0 saturated carbocycles. The minimum Gasteiger partial charge on any atom is -0.311 e. The first kappa shape index (κ1) is 10.9. The predicted octanol–water partition coefficient (Wildman–Crippen LogP) is 0.820. The van der Waals surface area contributed by atoms with Gasteiger partial charge in [-0.1, -0.05) is 17.7 Å². The van der Waals surface area contributed by atoms with E-state index in [1.165, 1.54) is 0 Å². The van der Waals surface area contributed by atoms with E-state index in [-0.39, 0.29) is 0 Å². The van der Waals surface area contributed by atoms with Crippen molar-refractivity contribution in [2.24, 2.45) is 5.73 Å². The van der Waals surface area contributed by atoms with Gasteiger partial charge >= 0.3 is 5.69 Å². The van der Waals surface area contributed by atoms with Crippen molar-refractivity contribution in [2.75, 3.05) is 0 Å². The lowest BCUT2D eigenvalue weighted by molar-refractivity contribution is 0.528. The number of nitrogens with one attached hydrogen (secondary N) is 1. The van der Waals surface area contributed by atoms with Crippen LogP contribution in [0, 0.1) is 0 Å². The van der Waals surface area contributed by atoms with Gasteiger partial charge in [0.25, 0.3) is 5.56 Å². The Bertz CT molecular complexity index is 657. The molecule has 0 aliphatic rings. The van der Waals surface area contributed by atoms with Crippen molar-refractivity contribution in [1.29, 1.82) is 0 Å². The monoisotopic (exact) mass is 239 g/mol. The lowest BCUT2D eigenvalue weighted by Gasteiger charge is -2.09. The molecule has 1 heterocycles. The predicted molar refractivity (Wildman–Crippen MR) is 62.7 cm³/mol. The largest absolute Gasteiger partial charge is 0.330 e. The Labute approximate surface area is 95.5 Å². The highest BCUT2D eigenvalue weighted by atomic mass is 35.5. The quantitative estimate of drug-likeness (QED) is 0.773. The Hall–Kier alpha value is -1.59. The van der Waals surface area contributed by atoms with Crippen LogP contribution in [0.3, 0.4) is 0 Å². The lowest BCUT2D eigenvalue weighted by Crippen LogP contribution is -2.40. The van der Waals surface area contributed by atoms with Crippen LogP contribution in [0.5, 0.6) is 0 Å². The first-order valence-electron chi connectivity index (χ1n) is 4.71. The number of hydrogen-bond acceptors (Lipinski definition) is 3. The highest BCUT2D eigenvalue weighted by molar-refractivity contribution is 6.34. The molecule has 0 amide bonds. The molecule has 0 radical (unpaired) electrons. The lowest BCUT2D eigenvalue weighted by atomic mass is 10.2. The van der Waals surface area contributed by atoms with Gasteiger partial charge < -0.3 is 10.7 Å². The summed E-state index contributed by atoms with van der Waals surface area (Å²) in [5.41, 5.74) is 4.91. The Morgan fingerprint density at radius 3 is 2.75 bits per heavy atom.